The summed E-state index contributed by atoms with van der Waals surface area (Å²) in [6.45, 7) is 0.470. The van der Waals surface area contributed by atoms with Gasteiger partial charge in [0.25, 0.3) is 5.91 Å². The maximum Gasteiger partial charge on any atom is 0.277 e. The van der Waals surface area contributed by atoms with E-state index in [2.05, 4.69) is 28.6 Å². The van der Waals surface area contributed by atoms with E-state index in [1.807, 2.05) is 24.3 Å². The Hall–Kier alpha value is -4.12. The number of nitriles is 1. The largest absolute Gasteiger partial charge is 0.497 e. The molecule has 8 heteroatoms. The fourth-order valence-corrected chi connectivity index (χ4v) is 5.62. The number of rotatable bonds is 6. The second-order valence-corrected chi connectivity index (χ2v) is 9.49. The number of benzene rings is 2. The Kier molecular flexibility index (Phi) is 6.23. The fraction of sp³-hybridized carbons (Fsp3) is 0.357. The lowest BCUT2D eigenvalue weighted by atomic mass is 9.76. The van der Waals surface area contributed by atoms with Crippen molar-refractivity contribution < 1.29 is 14.3 Å². The molecule has 1 aliphatic carbocycles. The first kappa shape index (κ1) is 23.6. The molecule has 36 heavy (non-hydrogen) atoms. The Balaban J connectivity index is 1.47. The number of aromatic nitrogens is 2. The Morgan fingerprint density at radius 1 is 1.11 bits per heavy atom. The van der Waals surface area contributed by atoms with E-state index < -0.39 is 0 Å². The molecule has 2 aliphatic rings. The Bertz CT molecular complexity index is 1330. The topological polar surface area (TPSA) is 100 Å². The molecule has 5 rings (SSSR count). The summed E-state index contributed by atoms with van der Waals surface area (Å²) in [6.07, 6.45) is 5.23. The number of hydrogen-bond acceptors (Lipinski definition) is 5. The fourth-order valence-electron chi connectivity index (χ4n) is 5.62. The van der Waals surface area contributed by atoms with Crippen LogP contribution >= 0.6 is 0 Å². The van der Waals surface area contributed by atoms with Crippen LogP contribution in [0.1, 0.15) is 59.4 Å². The highest BCUT2D eigenvalue weighted by Gasteiger charge is 2.38. The quantitative estimate of drug-likeness (QED) is 0.573. The number of carbonyl (C=O) groups is 2. The molecule has 1 fully saturated rings. The van der Waals surface area contributed by atoms with Crippen LogP contribution in [0.15, 0.2) is 48.5 Å². The van der Waals surface area contributed by atoms with Gasteiger partial charge in [0, 0.05) is 36.7 Å². The van der Waals surface area contributed by atoms with Crippen LogP contribution in [0, 0.1) is 11.3 Å². The zero-order valence-electron chi connectivity index (χ0n) is 20.6. The SMILES string of the molecule is CNC(=O)CC1(c2ccc(N3CCc4c(C#N)nn(-c5ccc(OC)cc5)c4C3=O)cc2)CCCC1. The van der Waals surface area contributed by atoms with E-state index in [0.29, 0.717) is 42.1 Å². The van der Waals surface area contributed by atoms with Crippen molar-refractivity contribution in [2.75, 3.05) is 25.6 Å². The van der Waals surface area contributed by atoms with Crippen molar-refractivity contribution in [1.29, 1.82) is 5.26 Å². The number of carbonyl (C=O) groups excluding carboxylic acids is 2. The van der Waals surface area contributed by atoms with Crippen molar-refractivity contribution in [3.05, 3.63) is 71.0 Å². The van der Waals surface area contributed by atoms with E-state index in [4.69, 9.17) is 4.74 Å². The number of methoxy groups -OCH3 is 1. The van der Waals surface area contributed by atoms with Crippen LogP contribution in [-0.4, -0.2) is 42.3 Å². The van der Waals surface area contributed by atoms with Crippen molar-refractivity contribution in [3.63, 3.8) is 0 Å². The number of ether oxygens (including phenoxy) is 1. The van der Waals surface area contributed by atoms with Crippen molar-refractivity contribution in [2.45, 2.75) is 43.9 Å². The number of anilines is 1. The molecule has 184 valence electrons. The molecule has 1 aromatic heterocycles. The van der Waals surface area contributed by atoms with Crippen LogP contribution in [0.4, 0.5) is 5.69 Å². The average molecular weight is 484 g/mol. The van der Waals surface area contributed by atoms with E-state index in [9.17, 15) is 14.9 Å². The third kappa shape index (κ3) is 4.01. The lowest BCUT2D eigenvalue weighted by Crippen LogP contribution is -2.39. The van der Waals surface area contributed by atoms with Crippen molar-refractivity contribution in [1.82, 2.24) is 15.1 Å². The third-order valence-electron chi connectivity index (χ3n) is 7.57. The molecule has 2 aromatic carbocycles. The van der Waals surface area contributed by atoms with Gasteiger partial charge in [-0.1, -0.05) is 25.0 Å². The summed E-state index contributed by atoms with van der Waals surface area (Å²) in [4.78, 5) is 27.7. The van der Waals surface area contributed by atoms with Crippen LogP contribution in [-0.2, 0) is 16.6 Å². The predicted molar refractivity (Wildman–Crippen MR) is 135 cm³/mol. The van der Waals surface area contributed by atoms with Crippen LogP contribution in [0.2, 0.25) is 0 Å². The summed E-state index contributed by atoms with van der Waals surface area (Å²) in [5.74, 6) is 0.569. The third-order valence-corrected chi connectivity index (χ3v) is 7.57. The number of hydrogen-bond donors (Lipinski definition) is 1. The van der Waals surface area contributed by atoms with Gasteiger partial charge >= 0.3 is 0 Å². The summed E-state index contributed by atoms with van der Waals surface area (Å²) >= 11 is 0. The molecular formula is C28H29N5O3. The molecule has 0 radical (unpaired) electrons. The summed E-state index contributed by atoms with van der Waals surface area (Å²) in [5.41, 5.74) is 3.86. The number of nitrogens with zero attached hydrogens (tertiary/aromatic N) is 4. The van der Waals surface area contributed by atoms with E-state index in [-0.39, 0.29) is 22.9 Å². The summed E-state index contributed by atoms with van der Waals surface area (Å²) in [5, 5.41) is 16.9. The lowest BCUT2D eigenvalue weighted by Gasteiger charge is -2.31. The summed E-state index contributed by atoms with van der Waals surface area (Å²) in [7, 11) is 3.27. The van der Waals surface area contributed by atoms with Crippen molar-refractivity contribution in [3.8, 4) is 17.5 Å². The first-order valence-electron chi connectivity index (χ1n) is 12.3. The van der Waals surface area contributed by atoms with Gasteiger partial charge in [-0.2, -0.15) is 10.4 Å². The van der Waals surface area contributed by atoms with Crippen LogP contribution in [0.5, 0.6) is 5.75 Å². The van der Waals surface area contributed by atoms with Crippen molar-refractivity contribution in [2.24, 2.45) is 0 Å². The van der Waals surface area contributed by atoms with Crippen LogP contribution in [0.25, 0.3) is 5.69 Å². The molecular weight excluding hydrogens is 454 g/mol. The molecule has 3 aromatic rings. The van der Waals surface area contributed by atoms with E-state index >= 15 is 0 Å². The zero-order chi connectivity index (χ0) is 25.3. The molecule has 2 heterocycles. The molecule has 8 nitrogen and oxygen atoms in total. The van der Waals surface area contributed by atoms with Gasteiger partial charge in [0.2, 0.25) is 5.91 Å². The molecule has 1 aliphatic heterocycles. The minimum atomic E-state index is -0.185. The van der Waals surface area contributed by atoms with E-state index in [1.165, 1.54) is 0 Å². The molecule has 0 spiro atoms. The molecule has 0 atom stereocenters. The van der Waals surface area contributed by atoms with Gasteiger partial charge < -0.3 is 15.0 Å². The molecule has 0 unspecified atom stereocenters. The van der Waals surface area contributed by atoms with Gasteiger partial charge in [0.05, 0.1) is 12.8 Å². The highest BCUT2D eigenvalue weighted by molar-refractivity contribution is 6.07. The minimum absolute atomic E-state index is 0.0554. The van der Waals surface area contributed by atoms with Gasteiger partial charge in [-0.25, -0.2) is 4.68 Å². The molecule has 0 bridgehead atoms. The Morgan fingerprint density at radius 2 is 1.78 bits per heavy atom. The molecule has 0 saturated heterocycles. The van der Waals surface area contributed by atoms with Gasteiger partial charge in [-0.15, -0.1) is 0 Å². The van der Waals surface area contributed by atoms with Gasteiger partial charge in [-0.3, -0.25) is 9.59 Å². The number of amides is 2. The number of fused-ring (bicyclic) bond motifs is 1. The van der Waals surface area contributed by atoms with E-state index in [0.717, 1.165) is 36.9 Å². The van der Waals surface area contributed by atoms with Gasteiger partial charge in [0.1, 0.15) is 17.5 Å². The van der Waals surface area contributed by atoms with Crippen molar-refractivity contribution >= 4 is 17.5 Å². The smallest absolute Gasteiger partial charge is 0.277 e. The lowest BCUT2D eigenvalue weighted by molar-refractivity contribution is -0.121. The van der Waals surface area contributed by atoms with Gasteiger partial charge in [0.15, 0.2) is 5.69 Å². The van der Waals surface area contributed by atoms with E-state index in [1.54, 1.807) is 35.9 Å². The zero-order valence-corrected chi connectivity index (χ0v) is 20.6. The molecule has 1 saturated carbocycles. The summed E-state index contributed by atoms with van der Waals surface area (Å²) < 4.78 is 6.80. The second-order valence-electron chi connectivity index (χ2n) is 9.49. The predicted octanol–water partition coefficient (Wildman–Crippen LogP) is 3.90. The summed E-state index contributed by atoms with van der Waals surface area (Å²) in [6, 6.07) is 17.5. The van der Waals surface area contributed by atoms with Crippen LogP contribution in [0.3, 0.4) is 0 Å². The first-order chi connectivity index (χ1) is 17.5. The van der Waals surface area contributed by atoms with Gasteiger partial charge in [-0.05, 0) is 61.2 Å². The molecule has 1 N–H and O–H groups in total. The number of nitrogens with one attached hydrogen (secondary N) is 1. The van der Waals surface area contributed by atoms with Crippen LogP contribution < -0.4 is 15.0 Å². The highest BCUT2D eigenvalue weighted by Crippen LogP contribution is 2.44. The monoisotopic (exact) mass is 483 g/mol. The normalized spacial score (nSPS) is 16.4. The second kappa shape index (κ2) is 9.50. The first-order valence-corrected chi connectivity index (χ1v) is 12.3. The average Bonchev–Trinajstić information content (AvgIpc) is 3.55. The Morgan fingerprint density at radius 3 is 2.39 bits per heavy atom. The maximum absolute atomic E-state index is 13.7. The maximum atomic E-state index is 13.7. The molecule has 2 amide bonds. The Labute approximate surface area is 210 Å². The highest BCUT2D eigenvalue weighted by atomic mass is 16.5. The minimum Gasteiger partial charge on any atom is -0.497 e. The standard InChI is InChI=1S/C28H29N5O3/c1-30-25(34)17-28(14-3-4-15-28)19-5-7-20(8-6-19)32-16-13-23-24(18-29)31-33(26(23)27(32)35)21-9-11-22(36-2)12-10-21/h5-12H,3-4,13-17H2,1-2H3,(H,30,34).